The van der Waals surface area contributed by atoms with Gasteiger partial charge in [0.1, 0.15) is 6.04 Å². The van der Waals surface area contributed by atoms with E-state index in [-0.39, 0.29) is 34.6 Å². The van der Waals surface area contributed by atoms with Crippen molar-refractivity contribution in [3.63, 3.8) is 0 Å². The van der Waals surface area contributed by atoms with Crippen LogP contribution in [0.15, 0.2) is 23.0 Å². The van der Waals surface area contributed by atoms with Gasteiger partial charge in [0, 0.05) is 62.7 Å². The zero-order valence-corrected chi connectivity index (χ0v) is 17.4. The number of rotatable bonds is 5. The van der Waals surface area contributed by atoms with E-state index < -0.39 is 6.04 Å². The van der Waals surface area contributed by atoms with Gasteiger partial charge in [-0.2, -0.15) is 0 Å². The van der Waals surface area contributed by atoms with Gasteiger partial charge in [0.25, 0.3) is 5.56 Å². The van der Waals surface area contributed by atoms with Crippen molar-refractivity contribution >= 4 is 11.8 Å². The maximum Gasteiger partial charge on any atom is 0.251 e. The third-order valence-corrected chi connectivity index (χ3v) is 7.11. The maximum absolute atomic E-state index is 13.4. The van der Waals surface area contributed by atoms with Gasteiger partial charge in [-0.05, 0) is 25.3 Å². The van der Waals surface area contributed by atoms with Crippen LogP contribution in [0.3, 0.4) is 0 Å². The van der Waals surface area contributed by atoms with Gasteiger partial charge in [0.05, 0.1) is 6.61 Å². The first kappa shape index (κ1) is 20.1. The summed E-state index contributed by atoms with van der Waals surface area (Å²) in [6.07, 6.45) is 5.23. The lowest BCUT2D eigenvalue weighted by Gasteiger charge is -2.46. The zero-order valence-electron chi connectivity index (χ0n) is 17.4. The molecule has 0 spiro atoms. The Morgan fingerprint density at radius 3 is 2.69 bits per heavy atom. The summed E-state index contributed by atoms with van der Waals surface area (Å²) in [7, 11) is 1.71. The number of pyridine rings is 1. The molecule has 2 aliphatic heterocycles. The summed E-state index contributed by atoms with van der Waals surface area (Å²) >= 11 is 0. The number of carbonyl (C=O) groups excluding carboxylic acids is 2. The highest BCUT2D eigenvalue weighted by atomic mass is 16.5. The summed E-state index contributed by atoms with van der Waals surface area (Å²) in [5.41, 5.74) is 0.720. The van der Waals surface area contributed by atoms with Gasteiger partial charge in [-0.1, -0.05) is 18.9 Å². The van der Waals surface area contributed by atoms with Gasteiger partial charge in [-0.25, -0.2) is 0 Å². The number of hydrogen-bond acceptors (Lipinski definition) is 4. The Kier molecular flexibility index (Phi) is 5.51. The van der Waals surface area contributed by atoms with E-state index in [1.54, 1.807) is 24.7 Å². The molecule has 1 saturated heterocycles. The number of hydrogen-bond donors (Lipinski definition) is 1. The number of nitrogens with one attached hydrogen (secondary N) is 1. The molecule has 1 aliphatic carbocycles. The van der Waals surface area contributed by atoms with Crippen LogP contribution >= 0.6 is 0 Å². The van der Waals surface area contributed by atoms with Crippen LogP contribution in [0.2, 0.25) is 0 Å². The third-order valence-electron chi connectivity index (χ3n) is 7.11. The van der Waals surface area contributed by atoms with Gasteiger partial charge in [-0.3, -0.25) is 19.0 Å². The van der Waals surface area contributed by atoms with E-state index in [0.717, 1.165) is 37.8 Å². The van der Waals surface area contributed by atoms with Crippen LogP contribution < -0.4 is 10.9 Å². The lowest BCUT2D eigenvalue weighted by molar-refractivity contribution is -0.135. The summed E-state index contributed by atoms with van der Waals surface area (Å²) < 4.78 is 7.12. The first-order valence-corrected chi connectivity index (χ1v) is 10.7. The Bertz CT molecular complexity index is 843. The Labute approximate surface area is 171 Å². The second kappa shape index (κ2) is 7.94. The molecule has 2 amide bonds. The van der Waals surface area contributed by atoms with Crippen LogP contribution in [-0.2, 0) is 14.3 Å². The van der Waals surface area contributed by atoms with Crippen molar-refractivity contribution in [3.05, 3.63) is 34.2 Å². The molecule has 7 heteroatoms. The highest BCUT2D eigenvalue weighted by Gasteiger charge is 2.45. The van der Waals surface area contributed by atoms with E-state index in [2.05, 4.69) is 5.32 Å². The van der Waals surface area contributed by atoms with Crippen molar-refractivity contribution in [3.8, 4) is 0 Å². The number of carbonyl (C=O) groups is 2. The molecule has 3 aliphatic rings. The zero-order chi connectivity index (χ0) is 20.6. The van der Waals surface area contributed by atoms with Crippen molar-refractivity contribution in [2.45, 2.75) is 51.0 Å². The monoisotopic (exact) mass is 401 g/mol. The van der Waals surface area contributed by atoms with Crippen LogP contribution in [0, 0.1) is 11.3 Å². The van der Waals surface area contributed by atoms with Gasteiger partial charge < -0.3 is 15.0 Å². The molecule has 1 saturated carbocycles. The van der Waals surface area contributed by atoms with Crippen molar-refractivity contribution in [2.75, 3.05) is 33.4 Å². The molecule has 3 atom stereocenters. The van der Waals surface area contributed by atoms with Crippen molar-refractivity contribution in [1.82, 2.24) is 14.8 Å². The average molecular weight is 402 g/mol. The molecule has 2 fully saturated rings. The highest BCUT2D eigenvalue weighted by Crippen LogP contribution is 2.42. The van der Waals surface area contributed by atoms with Crippen molar-refractivity contribution < 1.29 is 14.3 Å². The van der Waals surface area contributed by atoms with E-state index in [1.165, 1.54) is 6.07 Å². The maximum atomic E-state index is 13.4. The minimum absolute atomic E-state index is 0.00985. The molecule has 2 bridgehead atoms. The minimum atomic E-state index is -0.571. The number of amides is 2. The predicted molar refractivity (Wildman–Crippen MR) is 109 cm³/mol. The number of likely N-dealkylation sites (tertiary alicyclic amines) is 1. The van der Waals surface area contributed by atoms with E-state index in [9.17, 15) is 14.4 Å². The van der Waals surface area contributed by atoms with Crippen LogP contribution in [0.1, 0.15) is 56.7 Å². The van der Waals surface area contributed by atoms with Crippen LogP contribution in [-0.4, -0.2) is 54.6 Å². The van der Waals surface area contributed by atoms with Crippen LogP contribution in [0.4, 0.5) is 0 Å². The Hall–Kier alpha value is -2.15. The molecule has 0 unspecified atom stereocenters. The molecule has 29 heavy (non-hydrogen) atoms. The number of aromatic nitrogens is 1. The largest absolute Gasteiger partial charge is 0.384 e. The van der Waals surface area contributed by atoms with Crippen LogP contribution in [0.25, 0.3) is 0 Å². The predicted octanol–water partition coefficient (Wildman–Crippen LogP) is 1.68. The average Bonchev–Trinajstić information content (AvgIpc) is 3.16. The molecule has 1 aromatic rings. The number of ether oxygens (including phenoxy) is 1. The van der Waals surface area contributed by atoms with Crippen LogP contribution in [0.5, 0.6) is 0 Å². The fourth-order valence-electron chi connectivity index (χ4n) is 5.71. The van der Waals surface area contributed by atoms with E-state index >= 15 is 0 Å². The molecule has 0 aromatic carbocycles. The Balaban J connectivity index is 1.61. The SMILES string of the molecule is COCC1(CNC(=O)[C@H]2[C@H]3C[C@H](CN(C(C)=O)C3)c3cccc(=O)n32)CCCC1. The summed E-state index contributed by atoms with van der Waals surface area (Å²) in [5, 5.41) is 3.15. The molecule has 4 rings (SSSR count). The molecule has 0 radical (unpaired) electrons. The van der Waals surface area contributed by atoms with Gasteiger partial charge in [-0.15, -0.1) is 0 Å². The fourth-order valence-corrected chi connectivity index (χ4v) is 5.71. The van der Waals surface area contributed by atoms with Gasteiger partial charge >= 0.3 is 0 Å². The quantitative estimate of drug-likeness (QED) is 0.814. The minimum Gasteiger partial charge on any atom is -0.384 e. The summed E-state index contributed by atoms with van der Waals surface area (Å²) in [5.74, 6) is -0.0381. The lowest BCUT2D eigenvalue weighted by Crippen LogP contribution is -2.55. The van der Waals surface area contributed by atoms with Gasteiger partial charge in [0.2, 0.25) is 11.8 Å². The summed E-state index contributed by atoms with van der Waals surface area (Å²) in [6.45, 7) is 3.91. The molecule has 158 valence electrons. The van der Waals surface area contributed by atoms with E-state index in [0.29, 0.717) is 26.2 Å². The molecule has 1 N–H and O–H groups in total. The topological polar surface area (TPSA) is 80.6 Å². The molecule has 1 aromatic heterocycles. The molecule has 3 heterocycles. The first-order valence-electron chi connectivity index (χ1n) is 10.7. The number of nitrogens with zero attached hydrogens (tertiary/aromatic N) is 2. The molecule has 7 nitrogen and oxygen atoms in total. The third kappa shape index (κ3) is 3.72. The molecular formula is C22H31N3O4. The van der Waals surface area contributed by atoms with Crippen molar-refractivity contribution in [1.29, 1.82) is 0 Å². The summed E-state index contributed by atoms with van der Waals surface area (Å²) in [4.78, 5) is 40.0. The fraction of sp³-hybridized carbons (Fsp3) is 0.682. The number of methoxy groups -OCH3 is 1. The normalized spacial score (nSPS) is 27.4. The Morgan fingerprint density at radius 2 is 2.00 bits per heavy atom. The standard InChI is InChI=1S/C22H31N3O4/c1-15(26)24-11-16-10-17(12-24)20(25-18(16)6-5-7-19(25)27)21(28)23-13-22(14-29-2)8-3-4-9-22/h5-7,16-17,20H,3-4,8-14H2,1-2H3,(H,23,28)/t16-,17+,20-/m1/s1. The van der Waals surface area contributed by atoms with Crippen molar-refractivity contribution in [2.24, 2.45) is 11.3 Å². The first-order chi connectivity index (χ1) is 13.9. The second-order valence-electron chi connectivity index (χ2n) is 9.08. The number of piperidine rings is 1. The summed E-state index contributed by atoms with van der Waals surface area (Å²) in [6, 6.07) is 4.63. The number of fused-ring (bicyclic) bond motifs is 4. The second-order valence-corrected chi connectivity index (χ2v) is 9.08. The lowest BCUT2D eigenvalue weighted by atomic mass is 9.78. The van der Waals surface area contributed by atoms with Gasteiger partial charge in [0.15, 0.2) is 0 Å². The van der Waals surface area contributed by atoms with E-state index in [4.69, 9.17) is 4.74 Å². The smallest absolute Gasteiger partial charge is 0.251 e. The Morgan fingerprint density at radius 1 is 1.24 bits per heavy atom. The molecular weight excluding hydrogens is 370 g/mol. The highest BCUT2D eigenvalue weighted by molar-refractivity contribution is 5.81. The van der Waals surface area contributed by atoms with E-state index in [1.807, 2.05) is 11.0 Å².